The number of hydrogen-bond donors (Lipinski definition) is 0. The Morgan fingerprint density at radius 3 is 2.41 bits per heavy atom. The maximum Gasteiger partial charge on any atom is 0.410 e. The molecule has 130 valence electrons. The molecule has 22 heavy (non-hydrogen) atoms. The third-order valence-electron chi connectivity index (χ3n) is 3.28. The molecule has 1 atom stereocenters. The van der Waals surface area contributed by atoms with Gasteiger partial charge in [-0.25, -0.2) is 4.79 Å². The highest BCUT2D eigenvalue weighted by Gasteiger charge is 2.42. The van der Waals surface area contributed by atoms with Crippen molar-refractivity contribution >= 4 is 16.2 Å². The molecule has 0 N–H and O–H groups in total. The van der Waals surface area contributed by atoms with Crippen LogP contribution in [-0.2, 0) is 23.8 Å². The lowest BCUT2D eigenvalue weighted by atomic mass is 9.89. The standard InChI is InChI=1S/C14H27NO6S/c1-6-19-10-14(11-20-22(5,17)18)7-8-15(9-14)12(16)21-13(2,3)4/h6-11H2,1-5H3/t14-/m0/s1. The summed E-state index contributed by atoms with van der Waals surface area (Å²) >= 11 is 0. The molecule has 1 rings (SSSR count). The summed E-state index contributed by atoms with van der Waals surface area (Å²) in [6.45, 7) is 9.01. The molecule has 0 saturated carbocycles. The fraction of sp³-hybridized carbons (Fsp3) is 0.929. The zero-order valence-corrected chi connectivity index (χ0v) is 14.9. The van der Waals surface area contributed by atoms with Crippen LogP contribution >= 0.6 is 0 Å². The van der Waals surface area contributed by atoms with Gasteiger partial charge in [-0.3, -0.25) is 4.18 Å². The molecule has 0 aromatic carbocycles. The molecule has 1 heterocycles. The molecule has 1 aliphatic heterocycles. The monoisotopic (exact) mass is 337 g/mol. The van der Waals surface area contributed by atoms with Gasteiger partial charge in [0, 0.05) is 25.1 Å². The Morgan fingerprint density at radius 1 is 1.27 bits per heavy atom. The van der Waals surface area contributed by atoms with E-state index in [0.29, 0.717) is 32.7 Å². The van der Waals surface area contributed by atoms with E-state index in [4.69, 9.17) is 13.7 Å². The molecule has 1 saturated heterocycles. The second kappa shape index (κ2) is 7.14. The SMILES string of the molecule is CCOC[C@]1(COS(C)(=O)=O)CCN(C(=O)OC(C)(C)C)C1. The van der Waals surface area contributed by atoms with Crippen LogP contribution in [0.2, 0.25) is 0 Å². The highest BCUT2D eigenvalue weighted by molar-refractivity contribution is 7.85. The van der Waals surface area contributed by atoms with Crippen LogP contribution < -0.4 is 0 Å². The topological polar surface area (TPSA) is 82.1 Å². The predicted octanol–water partition coefficient (Wildman–Crippen LogP) is 1.63. The second-order valence-electron chi connectivity index (χ2n) is 6.76. The fourth-order valence-corrected chi connectivity index (χ4v) is 2.71. The van der Waals surface area contributed by atoms with Gasteiger partial charge in [0.2, 0.25) is 0 Å². The Balaban J connectivity index is 2.73. The average Bonchev–Trinajstić information content (AvgIpc) is 2.76. The lowest BCUT2D eigenvalue weighted by Crippen LogP contribution is -2.40. The number of hydrogen-bond acceptors (Lipinski definition) is 6. The van der Waals surface area contributed by atoms with Crippen LogP contribution in [0.1, 0.15) is 34.1 Å². The lowest BCUT2D eigenvalue weighted by molar-refractivity contribution is 0.0112. The van der Waals surface area contributed by atoms with Crippen LogP contribution in [0.3, 0.4) is 0 Å². The largest absolute Gasteiger partial charge is 0.444 e. The molecule has 0 aromatic heterocycles. The van der Waals surface area contributed by atoms with E-state index < -0.39 is 27.2 Å². The van der Waals surface area contributed by atoms with E-state index in [1.54, 1.807) is 25.7 Å². The van der Waals surface area contributed by atoms with E-state index in [1.165, 1.54) is 0 Å². The highest BCUT2D eigenvalue weighted by Crippen LogP contribution is 2.32. The molecule has 0 aromatic rings. The van der Waals surface area contributed by atoms with E-state index in [0.717, 1.165) is 6.26 Å². The summed E-state index contributed by atoms with van der Waals surface area (Å²) in [5.74, 6) is 0. The van der Waals surface area contributed by atoms with Crippen LogP contribution in [0.5, 0.6) is 0 Å². The van der Waals surface area contributed by atoms with Gasteiger partial charge in [0.05, 0.1) is 19.5 Å². The van der Waals surface area contributed by atoms with Crippen molar-refractivity contribution in [2.75, 3.05) is 39.2 Å². The van der Waals surface area contributed by atoms with Crippen molar-refractivity contribution in [1.29, 1.82) is 0 Å². The Hall–Kier alpha value is -0.860. The first-order chi connectivity index (χ1) is 9.96. The Morgan fingerprint density at radius 2 is 1.91 bits per heavy atom. The summed E-state index contributed by atoms with van der Waals surface area (Å²) in [5, 5.41) is 0. The summed E-state index contributed by atoms with van der Waals surface area (Å²) in [6.07, 6.45) is 1.23. The third-order valence-corrected chi connectivity index (χ3v) is 3.83. The molecule has 8 heteroatoms. The summed E-state index contributed by atoms with van der Waals surface area (Å²) in [5.41, 5.74) is -1.08. The van der Waals surface area contributed by atoms with Crippen LogP contribution in [0.25, 0.3) is 0 Å². The smallest absolute Gasteiger partial charge is 0.410 e. The van der Waals surface area contributed by atoms with Gasteiger partial charge < -0.3 is 14.4 Å². The first-order valence-corrected chi connectivity index (χ1v) is 9.18. The summed E-state index contributed by atoms with van der Waals surface area (Å²) in [4.78, 5) is 13.7. The van der Waals surface area contributed by atoms with Crippen molar-refractivity contribution in [3.8, 4) is 0 Å². The Bertz CT molecular complexity index is 484. The van der Waals surface area contributed by atoms with E-state index in [9.17, 15) is 13.2 Å². The van der Waals surface area contributed by atoms with Crippen LogP contribution in [-0.4, -0.2) is 64.2 Å². The van der Waals surface area contributed by atoms with Crippen LogP contribution in [0, 0.1) is 5.41 Å². The zero-order valence-electron chi connectivity index (χ0n) is 14.0. The first-order valence-electron chi connectivity index (χ1n) is 7.36. The Kier molecular flexibility index (Phi) is 6.23. The van der Waals surface area contributed by atoms with E-state index in [2.05, 4.69) is 0 Å². The highest BCUT2D eigenvalue weighted by atomic mass is 32.2. The molecule has 7 nitrogen and oxygen atoms in total. The minimum Gasteiger partial charge on any atom is -0.444 e. The van der Waals surface area contributed by atoms with Crippen LogP contribution in [0.15, 0.2) is 0 Å². The maximum atomic E-state index is 12.1. The molecule has 0 radical (unpaired) electrons. The van der Waals surface area contributed by atoms with Crippen molar-refractivity contribution in [3.05, 3.63) is 0 Å². The van der Waals surface area contributed by atoms with Crippen molar-refractivity contribution in [2.24, 2.45) is 5.41 Å². The summed E-state index contributed by atoms with van der Waals surface area (Å²) < 4.78 is 38.2. The van der Waals surface area contributed by atoms with E-state index >= 15 is 0 Å². The number of rotatable bonds is 6. The van der Waals surface area contributed by atoms with Crippen molar-refractivity contribution in [3.63, 3.8) is 0 Å². The van der Waals surface area contributed by atoms with Crippen molar-refractivity contribution in [2.45, 2.75) is 39.7 Å². The first kappa shape index (κ1) is 19.2. The zero-order chi connectivity index (χ0) is 17.0. The van der Waals surface area contributed by atoms with Gasteiger partial charge in [-0.1, -0.05) is 0 Å². The van der Waals surface area contributed by atoms with Gasteiger partial charge in [-0.15, -0.1) is 0 Å². The lowest BCUT2D eigenvalue weighted by Gasteiger charge is -2.29. The maximum absolute atomic E-state index is 12.1. The fourth-order valence-electron chi connectivity index (χ4n) is 2.25. The second-order valence-corrected chi connectivity index (χ2v) is 8.40. The molecule has 0 unspecified atom stereocenters. The van der Waals surface area contributed by atoms with Gasteiger partial charge >= 0.3 is 6.09 Å². The number of ether oxygens (including phenoxy) is 2. The third kappa shape index (κ3) is 6.50. The van der Waals surface area contributed by atoms with E-state index in [-0.39, 0.29) is 6.61 Å². The van der Waals surface area contributed by atoms with Crippen molar-refractivity contribution in [1.82, 2.24) is 4.90 Å². The number of likely N-dealkylation sites (tertiary alicyclic amines) is 1. The Labute approximate surface area is 133 Å². The number of nitrogens with zero attached hydrogens (tertiary/aromatic N) is 1. The number of carbonyl (C=O) groups excluding carboxylic acids is 1. The van der Waals surface area contributed by atoms with Gasteiger partial charge in [-0.2, -0.15) is 8.42 Å². The molecule has 0 aliphatic carbocycles. The predicted molar refractivity (Wildman–Crippen MR) is 82.1 cm³/mol. The van der Waals surface area contributed by atoms with Crippen LogP contribution in [0.4, 0.5) is 4.79 Å². The number of carbonyl (C=O) groups is 1. The molecule has 0 spiro atoms. The van der Waals surface area contributed by atoms with Gasteiger partial charge in [0.1, 0.15) is 5.60 Å². The molecule has 1 aliphatic rings. The van der Waals surface area contributed by atoms with Crippen molar-refractivity contribution < 1.29 is 26.9 Å². The summed E-state index contributed by atoms with van der Waals surface area (Å²) in [6, 6.07) is 0. The number of amides is 1. The quantitative estimate of drug-likeness (QED) is 0.685. The van der Waals surface area contributed by atoms with Gasteiger partial charge in [-0.05, 0) is 34.1 Å². The van der Waals surface area contributed by atoms with Gasteiger partial charge in [0.15, 0.2) is 0 Å². The van der Waals surface area contributed by atoms with E-state index in [1.807, 2.05) is 6.92 Å². The molecule has 0 bridgehead atoms. The van der Waals surface area contributed by atoms with Gasteiger partial charge in [0.25, 0.3) is 10.1 Å². The molecule has 1 fully saturated rings. The molecular weight excluding hydrogens is 310 g/mol. The minimum atomic E-state index is -3.53. The molecular formula is C14H27NO6S. The average molecular weight is 337 g/mol. The molecule has 1 amide bonds. The minimum absolute atomic E-state index is 0.00509. The summed E-state index contributed by atoms with van der Waals surface area (Å²) in [7, 11) is -3.53. The normalized spacial score (nSPS) is 22.9.